The molecule has 146 valence electrons. The summed E-state index contributed by atoms with van der Waals surface area (Å²) in [5.41, 5.74) is 0.928. The minimum atomic E-state index is -0.490. The van der Waals surface area contributed by atoms with Gasteiger partial charge in [0.2, 0.25) is 0 Å². The van der Waals surface area contributed by atoms with Crippen molar-refractivity contribution in [3.63, 3.8) is 0 Å². The Balaban J connectivity index is 1.60. The maximum atomic E-state index is 12.2. The molecule has 0 aliphatic carbocycles. The molecular weight excluding hydrogens is 380 g/mol. The number of rotatable bonds is 8. The minimum absolute atomic E-state index is 0.0948. The molecule has 0 fully saturated rings. The SMILES string of the molecule is CCCCCOc1ccc(C(=O)OCc2cc(=O)n3cc(Cl)ccc3n2)cc1. The van der Waals surface area contributed by atoms with Crippen molar-refractivity contribution >= 4 is 23.2 Å². The van der Waals surface area contributed by atoms with Crippen LogP contribution in [-0.4, -0.2) is 22.0 Å². The Morgan fingerprint density at radius 2 is 1.93 bits per heavy atom. The fourth-order valence-corrected chi connectivity index (χ4v) is 2.81. The number of benzene rings is 1. The third kappa shape index (κ3) is 5.10. The molecule has 6 nitrogen and oxygen atoms in total. The van der Waals surface area contributed by atoms with Crippen LogP contribution in [0.15, 0.2) is 53.5 Å². The third-order valence-electron chi connectivity index (χ3n) is 4.13. The summed E-state index contributed by atoms with van der Waals surface area (Å²) in [6, 6.07) is 11.4. The Hall–Kier alpha value is -2.86. The van der Waals surface area contributed by atoms with E-state index >= 15 is 0 Å². The first-order valence-electron chi connectivity index (χ1n) is 9.14. The van der Waals surface area contributed by atoms with Crippen LogP contribution < -0.4 is 10.3 Å². The van der Waals surface area contributed by atoms with Crippen LogP contribution in [0.1, 0.15) is 42.2 Å². The molecule has 1 aromatic carbocycles. The topological polar surface area (TPSA) is 69.9 Å². The number of hydrogen-bond acceptors (Lipinski definition) is 5. The summed E-state index contributed by atoms with van der Waals surface area (Å²) < 4.78 is 12.2. The number of nitrogens with zero attached hydrogens (tertiary/aromatic N) is 2. The molecule has 2 heterocycles. The van der Waals surface area contributed by atoms with Crippen molar-refractivity contribution in [1.29, 1.82) is 0 Å². The highest BCUT2D eigenvalue weighted by molar-refractivity contribution is 6.30. The summed E-state index contributed by atoms with van der Waals surface area (Å²) in [5, 5.41) is 0.438. The monoisotopic (exact) mass is 400 g/mol. The van der Waals surface area contributed by atoms with Crippen LogP contribution in [0.25, 0.3) is 5.65 Å². The number of hydrogen-bond donors (Lipinski definition) is 0. The molecule has 0 aliphatic rings. The van der Waals surface area contributed by atoms with Gasteiger partial charge < -0.3 is 9.47 Å². The van der Waals surface area contributed by atoms with Crippen LogP contribution >= 0.6 is 11.6 Å². The van der Waals surface area contributed by atoms with Crippen molar-refractivity contribution in [1.82, 2.24) is 9.38 Å². The Kier molecular flexibility index (Phi) is 6.66. The molecule has 0 amide bonds. The zero-order valence-corrected chi connectivity index (χ0v) is 16.3. The number of unbranched alkanes of at least 4 members (excludes halogenated alkanes) is 2. The molecule has 28 heavy (non-hydrogen) atoms. The maximum absolute atomic E-state index is 12.2. The van der Waals surface area contributed by atoms with Gasteiger partial charge in [-0.1, -0.05) is 31.4 Å². The van der Waals surface area contributed by atoms with Crippen molar-refractivity contribution in [2.24, 2.45) is 0 Å². The van der Waals surface area contributed by atoms with Gasteiger partial charge in [-0.3, -0.25) is 9.20 Å². The van der Waals surface area contributed by atoms with E-state index < -0.39 is 5.97 Å². The molecule has 0 aliphatic heterocycles. The van der Waals surface area contributed by atoms with Gasteiger partial charge in [0.25, 0.3) is 5.56 Å². The van der Waals surface area contributed by atoms with E-state index in [2.05, 4.69) is 11.9 Å². The fourth-order valence-electron chi connectivity index (χ4n) is 2.65. The van der Waals surface area contributed by atoms with Crippen LogP contribution in [-0.2, 0) is 11.3 Å². The average Bonchev–Trinajstić information content (AvgIpc) is 2.70. The number of pyridine rings is 1. The highest BCUT2D eigenvalue weighted by Crippen LogP contribution is 2.14. The summed E-state index contributed by atoms with van der Waals surface area (Å²) in [5.74, 6) is 0.228. The molecule has 0 radical (unpaired) electrons. The van der Waals surface area contributed by atoms with Gasteiger partial charge in [0.15, 0.2) is 0 Å². The van der Waals surface area contributed by atoms with Gasteiger partial charge in [-0.2, -0.15) is 0 Å². The first-order valence-corrected chi connectivity index (χ1v) is 9.52. The fraction of sp³-hybridized carbons (Fsp3) is 0.286. The summed E-state index contributed by atoms with van der Waals surface area (Å²) >= 11 is 5.89. The number of esters is 1. The Morgan fingerprint density at radius 1 is 1.14 bits per heavy atom. The number of fused-ring (bicyclic) bond motifs is 1. The molecule has 3 aromatic rings. The first kappa shape index (κ1) is 19.9. The molecule has 0 N–H and O–H groups in total. The van der Waals surface area contributed by atoms with Gasteiger partial charge >= 0.3 is 5.97 Å². The quantitative estimate of drug-likeness (QED) is 0.417. The highest BCUT2D eigenvalue weighted by Gasteiger charge is 2.10. The molecule has 0 saturated heterocycles. The molecule has 3 rings (SSSR count). The Morgan fingerprint density at radius 3 is 2.68 bits per heavy atom. The lowest BCUT2D eigenvalue weighted by atomic mass is 10.2. The zero-order valence-electron chi connectivity index (χ0n) is 15.6. The lowest BCUT2D eigenvalue weighted by Gasteiger charge is -2.08. The number of carbonyl (C=O) groups excluding carboxylic acids is 1. The second-order valence-electron chi connectivity index (χ2n) is 6.32. The standard InChI is InChI=1S/C21H21ClN2O4/c1-2-3-4-11-27-18-8-5-15(6-9-18)21(26)28-14-17-12-20(25)24-13-16(22)7-10-19(24)23-17/h5-10,12-13H,2-4,11,14H2,1H3. The molecule has 2 aromatic heterocycles. The van der Waals surface area contributed by atoms with Gasteiger partial charge in [-0.25, -0.2) is 9.78 Å². The van der Waals surface area contributed by atoms with E-state index in [1.807, 2.05) is 0 Å². The summed E-state index contributed by atoms with van der Waals surface area (Å²) in [7, 11) is 0. The summed E-state index contributed by atoms with van der Waals surface area (Å²) in [6.07, 6.45) is 4.77. The van der Waals surface area contributed by atoms with Crippen molar-refractivity contribution in [3.05, 3.63) is 75.3 Å². The smallest absolute Gasteiger partial charge is 0.338 e. The molecular formula is C21H21ClN2O4. The van der Waals surface area contributed by atoms with Crippen LogP contribution in [0.5, 0.6) is 5.75 Å². The lowest BCUT2D eigenvalue weighted by molar-refractivity contribution is 0.0467. The average molecular weight is 401 g/mol. The maximum Gasteiger partial charge on any atom is 0.338 e. The van der Waals surface area contributed by atoms with Crippen molar-refractivity contribution in [2.75, 3.05) is 6.61 Å². The Bertz CT molecular complexity index is 1020. The molecule has 7 heteroatoms. The molecule has 0 saturated carbocycles. The largest absolute Gasteiger partial charge is 0.494 e. The van der Waals surface area contributed by atoms with Crippen molar-refractivity contribution < 1.29 is 14.3 Å². The second-order valence-corrected chi connectivity index (χ2v) is 6.75. The van der Waals surface area contributed by atoms with Gasteiger partial charge in [0.1, 0.15) is 18.0 Å². The third-order valence-corrected chi connectivity index (χ3v) is 4.36. The van der Waals surface area contributed by atoms with Crippen LogP contribution in [0.4, 0.5) is 0 Å². The van der Waals surface area contributed by atoms with E-state index in [9.17, 15) is 9.59 Å². The predicted molar refractivity (Wildman–Crippen MR) is 107 cm³/mol. The van der Waals surface area contributed by atoms with Crippen molar-refractivity contribution in [3.8, 4) is 5.75 Å². The first-order chi connectivity index (χ1) is 13.6. The zero-order chi connectivity index (χ0) is 19.9. The van der Waals surface area contributed by atoms with E-state index in [0.717, 1.165) is 25.0 Å². The second kappa shape index (κ2) is 9.37. The lowest BCUT2D eigenvalue weighted by Crippen LogP contribution is -2.16. The Labute approximate surface area is 167 Å². The van der Waals surface area contributed by atoms with E-state index in [-0.39, 0.29) is 12.2 Å². The van der Waals surface area contributed by atoms with Gasteiger partial charge in [0.05, 0.1) is 22.9 Å². The van der Waals surface area contributed by atoms with Crippen LogP contribution in [0, 0.1) is 0 Å². The van der Waals surface area contributed by atoms with Crippen LogP contribution in [0.3, 0.4) is 0 Å². The van der Waals surface area contributed by atoms with E-state index in [4.69, 9.17) is 21.1 Å². The molecule has 0 bridgehead atoms. The van der Waals surface area contributed by atoms with Crippen molar-refractivity contribution in [2.45, 2.75) is 32.8 Å². The van der Waals surface area contributed by atoms with Gasteiger partial charge in [-0.15, -0.1) is 0 Å². The van der Waals surface area contributed by atoms with Gasteiger partial charge in [0, 0.05) is 12.3 Å². The normalized spacial score (nSPS) is 10.8. The predicted octanol–water partition coefficient (Wildman–Crippen LogP) is 4.27. The minimum Gasteiger partial charge on any atom is -0.494 e. The van der Waals surface area contributed by atoms with Crippen LogP contribution in [0.2, 0.25) is 5.02 Å². The van der Waals surface area contributed by atoms with E-state index in [1.54, 1.807) is 36.4 Å². The number of carbonyl (C=O) groups is 1. The number of halogens is 1. The molecule has 0 unspecified atom stereocenters. The number of ether oxygens (including phenoxy) is 2. The highest BCUT2D eigenvalue weighted by atomic mass is 35.5. The summed E-state index contributed by atoms with van der Waals surface area (Å²) in [6.45, 7) is 2.70. The van der Waals surface area contributed by atoms with Gasteiger partial charge in [-0.05, 0) is 42.8 Å². The molecule has 0 spiro atoms. The molecule has 0 atom stereocenters. The van der Waals surface area contributed by atoms with E-state index in [1.165, 1.54) is 16.7 Å². The number of aromatic nitrogens is 2. The summed E-state index contributed by atoms with van der Waals surface area (Å²) in [4.78, 5) is 28.7. The van der Waals surface area contributed by atoms with E-state index in [0.29, 0.717) is 28.5 Å².